The highest BCUT2D eigenvalue weighted by Gasteiger charge is 2.40. The van der Waals surface area contributed by atoms with Gasteiger partial charge in [-0.1, -0.05) is 40.5 Å². The Morgan fingerprint density at radius 2 is 2.18 bits per heavy atom. The van der Waals surface area contributed by atoms with Gasteiger partial charge in [-0.3, -0.25) is 4.90 Å². The Morgan fingerprint density at radius 3 is 2.76 bits per heavy atom. The van der Waals surface area contributed by atoms with Gasteiger partial charge in [0.1, 0.15) is 0 Å². The molecule has 1 saturated heterocycles. The van der Waals surface area contributed by atoms with Gasteiger partial charge >= 0.3 is 0 Å². The number of hydrogen-bond donors (Lipinski definition) is 1. The number of nitrogens with one attached hydrogen (secondary N) is 1. The third-order valence-corrected chi connectivity index (χ3v) is 5.21. The van der Waals surface area contributed by atoms with E-state index in [1.54, 1.807) is 0 Å². The Bertz CT molecular complexity index is 249. The third kappa shape index (κ3) is 2.85. The maximum atomic E-state index is 3.71. The normalized spacial score (nSPS) is 36.0. The van der Waals surface area contributed by atoms with Crippen molar-refractivity contribution in [2.24, 2.45) is 11.3 Å². The number of piperazine rings is 1. The topological polar surface area (TPSA) is 15.3 Å². The van der Waals surface area contributed by atoms with Crippen LogP contribution in [0.2, 0.25) is 0 Å². The minimum Gasteiger partial charge on any atom is -0.311 e. The van der Waals surface area contributed by atoms with Gasteiger partial charge in [0.25, 0.3) is 0 Å². The van der Waals surface area contributed by atoms with Gasteiger partial charge in [-0.25, -0.2) is 0 Å². The van der Waals surface area contributed by atoms with E-state index in [1.807, 2.05) is 0 Å². The molecular formula is C15H30N2. The molecule has 2 nitrogen and oxygen atoms in total. The van der Waals surface area contributed by atoms with E-state index in [4.69, 9.17) is 0 Å². The van der Waals surface area contributed by atoms with Gasteiger partial charge in [-0.05, 0) is 24.2 Å². The van der Waals surface area contributed by atoms with Crippen molar-refractivity contribution in [1.29, 1.82) is 0 Å². The van der Waals surface area contributed by atoms with E-state index < -0.39 is 0 Å². The molecule has 2 fully saturated rings. The van der Waals surface area contributed by atoms with Gasteiger partial charge in [0, 0.05) is 31.7 Å². The molecule has 3 unspecified atom stereocenters. The van der Waals surface area contributed by atoms with Crippen molar-refractivity contribution in [1.82, 2.24) is 10.2 Å². The van der Waals surface area contributed by atoms with E-state index in [1.165, 1.54) is 45.3 Å². The predicted molar refractivity (Wildman–Crippen MR) is 74.2 cm³/mol. The lowest BCUT2D eigenvalue weighted by atomic mass is 9.85. The molecule has 1 N–H and O–H groups in total. The van der Waals surface area contributed by atoms with Crippen molar-refractivity contribution < 1.29 is 0 Å². The third-order valence-electron chi connectivity index (χ3n) is 5.21. The lowest BCUT2D eigenvalue weighted by molar-refractivity contribution is 0.0698. The second-order valence-corrected chi connectivity index (χ2v) is 6.84. The lowest BCUT2D eigenvalue weighted by Gasteiger charge is -2.44. The first-order chi connectivity index (χ1) is 8.04. The molecule has 1 heterocycles. The first kappa shape index (κ1) is 13.4. The van der Waals surface area contributed by atoms with Crippen LogP contribution in [0.3, 0.4) is 0 Å². The van der Waals surface area contributed by atoms with E-state index in [0.29, 0.717) is 11.5 Å². The standard InChI is InChI=1S/C15H30N2/c1-5-12(2)13-11-17(10-9-16-13)14-7-6-8-15(14,3)4/h12-14,16H,5-11H2,1-4H3. The zero-order valence-corrected chi connectivity index (χ0v) is 12.1. The molecule has 2 aliphatic rings. The molecule has 2 heteroatoms. The molecular weight excluding hydrogens is 208 g/mol. The molecule has 0 amide bonds. The molecule has 17 heavy (non-hydrogen) atoms. The quantitative estimate of drug-likeness (QED) is 0.813. The van der Waals surface area contributed by atoms with Gasteiger partial charge in [-0.15, -0.1) is 0 Å². The highest BCUT2D eigenvalue weighted by molar-refractivity contribution is 4.95. The summed E-state index contributed by atoms with van der Waals surface area (Å²) in [6.07, 6.45) is 5.55. The smallest absolute Gasteiger partial charge is 0.0221 e. The van der Waals surface area contributed by atoms with Crippen LogP contribution in [0.15, 0.2) is 0 Å². The average Bonchev–Trinajstić information content (AvgIpc) is 2.68. The monoisotopic (exact) mass is 238 g/mol. The van der Waals surface area contributed by atoms with Gasteiger partial charge in [0.05, 0.1) is 0 Å². The fourth-order valence-corrected chi connectivity index (χ4v) is 3.74. The summed E-state index contributed by atoms with van der Waals surface area (Å²) in [5, 5.41) is 3.71. The molecule has 1 aliphatic heterocycles. The Morgan fingerprint density at radius 1 is 1.41 bits per heavy atom. The van der Waals surface area contributed by atoms with Gasteiger partial charge in [-0.2, -0.15) is 0 Å². The second-order valence-electron chi connectivity index (χ2n) is 6.84. The Hall–Kier alpha value is -0.0800. The summed E-state index contributed by atoms with van der Waals surface area (Å²) >= 11 is 0. The van der Waals surface area contributed by atoms with Crippen LogP contribution >= 0.6 is 0 Å². The fourth-order valence-electron chi connectivity index (χ4n) is 3.74. The maximum absolute atomic E-state index is 3.71. The van der Waals surface area contributed by atoms with Crippen molar-refractivity contribution in [3.63, 3.8) is 0 Å². The second kappa shape index (κ2) is 5.27. The molecule has 0 spiro atoms. The molecule has 2 rings (SSSR count). The molecule has 1 aliphatic carbocycles. The van der Waals surface area contributed by atoms with Gasteiger partial charge in [0.15, 0.2) is 0 Å². The van der Waals surface area contributed by atoms with E-state index in [9.17, 15) is 0 Å². The summed E-state index contributed by atoms with van der Waals surface area (Å²) in [4.78, 5) is 2.78. The zero-order valence-electron chi connectivity index (χ0n) is 12.1. The highest BCUT2D eigenvalue weighted by Crippen LogP contribution is 2.40. The fraction of sp³-hybridized carbons (Fsp3) is 1.00. The van der Waals surface area contributed by atoms with Crippen LogP contribution in [-0.2, 0) is 0 Å². The predicted octanol–water partition coefficient (Wildman–Crippen LogP) is 2.89. The van der Waals surface area contributed by atoms with Crippen molar-refractivity contribution in [2.75, 3.05) is 19.6 Å². The Labute approximate surface area is 107 Å². The molecule has 0 aromatic rings. The minimum atomic E-state index is 0.539. The first-order valence-corrected chi connectivity index (χ1v) is 7.52. The minimum absolute atomic E-state index is 0.539. The number of hydrogen-bond acceptors (Lipinski definition) is 2. The average molecular weight is 238 g/mol. The molecule has 0 aromatic heterocycles. The van der Waals surface area contributed by atoms with Crippen molar-refractivity contribution in [2.45, 2.75) is 65.5 Å². The van der Waals surface area contributed by atoms with Gasteiger partial charge in [0.2, 0.25) is 0 Å². The summed E-state index contributed by atoms with van der Waals surface area (Å²) in [6, 6.07) is 1.54. The van der Waals surface area contributed by atoms with Crippen molar-refractivity contribution in [3.05, 3.63) is 0 Å². The molecule has 0 bridgehead atoms. The van der Waals surface area contributed by atoms with E-state index in [2.05, 4.69) is 37.9 Å². The summed E-state index contributed by atoms with van der Waals surface area (Å²) in [5.74, 6) is 0.808. The summed E-state index contributed by atoms with van der Waals surface area (Å²) in [6.45, 7) is 13.3. The highest BCUT2D eigenvalue weighted by atomic mass is 15.2. The van der Waals surface area contributed by atoms with Gasteiger partial charge < -0.3 is 5.32 Å². The lowest BCUT2D eigenvalue weighted by Crippen LogP contribution is -2.57. The number of nitrogens with zero attached hydrogens (tertiary/aromatic N) is 1. The number of rotatable bonds is 3. The van der Waals surface area contributed by atoms with Crippen molar-refractivity contribution in [3.8, 4) is 0 Å². The van der Waals surface area contributed by atoms with E-state index >= 15 is 0 Å². The summed E-state index contributed by atoms with van der Waals surface area (Å²) in [5.41, 5.74) is 0.539. The Kier molecular flexibility index (Phi) is 4.14. The molecule has 0 radical (unpaired) electrons. The van der Waals surface area contributed by atoms with Crippen LogP contribution in [0.5, 0.6) is 0 Å². The van der Waals surface area contributed by atoms with Crippen LogP contribution < -0.4 is 5.32 Å². The summed E-state index contributed by atoms with van der Waals surface area (Å²) < 4.78 is 0. The summed E-state index contributed by atoms with van der Waals surface area (Å²) in [7, 11) is 0. The maximum Gasteiger partial charge on any atom is 0.0221 e. The molecule has 3 atom stereocenters. The van der Waals surface area contributed by atoms with Crippen molar-refractivity contribution >= 4 is 0 Å². The molecule has 100 valence electrons. The van der Waals surface area contributed by atoms with Crippen LogP contribution in [0.4, 0.5) is 0 Å². The van der Waals surface area contributed by atoms with E-state index in [-0.39, 0.29) is 0 Å². The molecule has 0 aromatic carbocycles. The van der Waals surface area contributed by atoms with Crippen LogP contribution in [0, 0.1) is 11.3 Å². The Balaban J connectivity index is 1.97. The van der Waals surface area contributed by atoms with Crippen LogP contribution in [-0.4, -0.2) is 36.6 Å². The molecule has 1 saturated carbocycles. The largest absolute Gasteiger partial charge is 0.311 e. The van der Waals surface area contributed by atoms with Crippen LogP contribution in [0.1, 0.15) is 53.4 Å². The van der Waals surface area contributed by atoms with Crippen LogP contribution in [0.25, 0.3) is 0 Å². The zero-order chi connectivity index (χ0) is 12.5. The first-order valence-electron chi connectivity index (χ1n) is 7.52. The SMILES string of the molecule is CCC(C)C1CN(C2CCCC2(C)C)CCN1. The van der Waals surface area contributed by atoms with E-state index in [0.717, 1.165) is 12.0 Å².